The SMILES string of the molecule is NC(=O)C(F)(F)F.NCCCC[C@H](N)C(=O)O. The van der Waals surface area contributed by atoms with E-state index in [0.29, 0.717) is 13.0 Å². The van der Waals surface area contributed by atoms with E-state index in [-0.39, 0.29) is 0 Å². The van der Waals surface area contributed by atoms with E-state index in [1.807, 2.05) is 0 Å². The maximum Gasteiger partial charge on any atom is 0.470 e. The fourth-order valence-corrected chi connectivity index (χ4v) is 0.632. The Hall–Kier alpha value is -1.35. The van der Waals surface area contributed by atoms with E-state index >= 15 is 0 Å². The molecule has 0 spiro atoms. The third-order valence-electron chi connectivity index (χ3n) is 1.57. The van der Waals surface area contributed by atoms with Crippen LogP contribution < -0.4 is 17.2 Å². The number of carboxylic acid groups (broad SMARTS) is 1. The van der Waals surface area contributed by atoms with Crippen LogP contribution >= 0.6 is 0 Å². The van der Waals surface area contributed by atoms with Crippen LogP contribution in [0.15, 0.2) is 0 Å². The summed E-state index contributed by atoms with van der Waals surface area (Å²) in [5, 5.41) is 8.33. The summed E-state index contributed by atoms with van der Waals surface area (Å²) < 4.78 is 32.1. The summed E-state index contributed by atoms with van der Waals surface area (Å²) in [5.74, 6) is -3.19. The molecule has 1 atom stereocenters. The monoisotopic (exact) mass is 259 g/mol. The molecule has 0 saturated heterocycles. The van der Waals surface area contributed by atoms with Crippen LogP contribution in [0.3, 0.4) is 0 Å². The Morgan fingerprint density at radius 3 is 1.88 bits per heavy atom. The van der Waals surface area contributed by atoms with Crippen LogP contribution in [0.5, 0.6) is 0 Å². The van der Waals surface area contributed by atoms with Crippen molar-refractivity contribution in [2.24, 2.45) is 17.2 Å². The van der Waals surface area contributed by atoms with Gasteiger partial charge in [-0.15, -0.1) is 0 Å². The average molecular weight is 259 g/mol. The van der Waals surface area contributed by atoms with Gasteiger partial charge in [0.15, 0.2) is 0 Å². The van der Waals surface area contributed by atoms with Gasteiger partial charge in [-0.2, -0.15) is 13.2 Å². The van der Waals surface area contributed by atoms with Crippen molar-refractivity contribution in [1.29, 1.82) is 0 Å². The van der Waals surface area contributed by atoms with Gasteiger partial charge in [-0.05, 0) is 19.4 Å². The summed E-state index contributed by atoms with van der Waals surface area (Å²) in [6.45, 7) is 0.604. The third-order valence-corrected chi connectivity index (χ3v) is 1.57. The lowest BCUT2D eigenvalue weighted by Gasteiger charge is -2.03. The topological polar surface area (TPSA) is 132 Å². The van der Waals surface area contributed by atoms with Crippen molar-refractivity contribution in [2.75, 3.05) is 6.54 Å². The molecule has 0 aromatic heterocycles. The lowest BCUT2D eigenvalue weighted by Crippen LogP contribution is -2.30. The van der Waals surface area contributed by atoms with E-state index in [4.69, 9.17) is 21.4 Å². The molecular formula is C8H16F3N3O3. The number of carbonyl (C=O) groups excluding carboxylic acids is 1. The predicted octanol–water partition coefficient (Wildman–Crippen LogP) is -0.439. The van der Waals surface area contributed by atoms with Crippen molar-refractivity contribution < 1.29 is 27.9 Å². The van der Waals surface area contributed by atoms with Gasteiger partial charge in [0.25, 0.3) is 0 Å². The number of unbranched alkanes of at least 4 members (excludes halogenated alkanes) is 1. The number of primary amides is 1. The number of amides is 1. The highest BCUT2D eigenvalue weighted by molar-refractivity contribution is 5.79. The molecule has 9 heteroatoms. The van der Waals surface area contributed by atoms with Gasteiger partial charge in [-0.3, -0.25) is 9.59 Å². The Morgan fingerprint density at radius 1 is 1.24 bits per heavy atom. The molecule has 0 saturated carbocycles. The summed E-state index contributed by atoms with van der Waals surface area (Å²) in [4.78, 5) is 19.3. The van der Waals surface area contributed by atoms with Gasteiger partial charge in [0.2, 0.25) is 0 Å². The molecule has 0 aliphatic rings. The molecule has 7 N–H and O–H groups in total. The van der Waals surface area contributed by atoms with Gasteiger partial charge in [-0.1, -0.05) is 6.42 Å². The van der Waals surface area contributed by atoms with Crippen molar-refractivity contribution in [3.05, 3.63) is 0 Å². The van der Waals surface area contributed by atoms with Gasteiger partial charge in [0.1, 0.15) is 6.04 Å². The first kappa shape index (κ1) is 18.0. The van der Waals surface area contributed by atoms with Gasteiger partial charge in [0.05, 0.1) is 0 Å². The predicted molar refractivity (Wildman–Crippen MR) is 53.8 cm³/mol. The van der Waals surface area contributed by atoms with Crippen molar-refractivity contribution in [2.45, 2.75) is 31.5 Å². The number of rotatable bonds is 5. The van der Waals surface area contributed by atoms with Crippen LogP contribution in [0.1, 0.15) is 19.3 Å². The van der Waals surface area contributed by atoms with E-state index in [2.05, 4.69) is 5.73 Å². The average Bonchev–Trinajstić information content (AvgIpc) is 2.17. The minimum absolute atomic E-state index is 0.520. The molecule has 0 aromatic rings. The normalized spacial score (nSPS) is 12.3. The fourth-order valence-electron chi connectivity index (χ4n) is 0.632. The molecule has 0 radical (unpaired) electrons. The first-order valence-electron chi connectivity index (χ1n) is 4.68. The van der Waals surface area contributed by atoms with E-state index in [1.165, 1.54) is 0 Å². The molecule has 6 nitrogen and oxygen atoms in total. The van der Waals surface area contributed by atoms with Crippen LogP contribution in [-0.2, 0) is 9.59 Å². The molecule has 17 heavy (non-hydrogen) atoms. The Morgan fingerprint density at radius 2 is 1.65 bits per heavy atom. The van der Waals surface area contributed by atoms with Crippen molar-refractivity contribution in [1.82, 2.24) is 0 Å². The summed E-state index contributed by atoms with van der Waals surface area (Å²) in [6, 6.07) is -0.716. The number of nitrogens with two attached hydrogens (primary N) is 3. The first-order chi connectivity index (χ1) is 7.62. The summed E-state index contributed by atoms with van der Waals surface area (Å²) in [6.07, 6.45) is -2.70. The number of alkyl halides is 3. The number of carbonyl (C=O) groups is 2. The molecule has 0 bridgehead atoms. The van der Waals surface area contributed by atoms with Gasteiger partial charge in [0, 0.05) is 0 Å². The quantitative estimate of drug-likeness (QED) is 0.497. The molecule has 0 rings (SSSR count). The van der Waals surface area contributed by atoms with Crippen LogP contribution in [0.25, 0.3) is 0 Å². The Labute approximate surface area is 95.9 Å². The molecule has 0 aromatic carbocycles. The Bertz CT molecular complexity index is 246. The van der Waals surface area contributed by atoms with Gasteiger partial charge >= 0.3 is 18.1 Å². The maximum absolute atomic E-state index is 10.7. The number of aliphatic carboxylic acids is 1. The largest absolute Gasteiger partial charge is 0.480 e. The number of hydrogen-bond acceptors (Lipinski definition) is 4. The molecule has 0 aliphatic heterocycles. The minimum Gasteiger partial charge on any atom is -0.480 e. The Kier molecular flexibility index (Phi) is 9.29. The molecule has 0 heterocycles. The molecule has 0 fully saturated rings. The highest BCUT2D eigenvalue weighted by Crippen LogP contribution is 2.11. The van der Waals surface area contributed by atoms with Crippen LogP contribution in [0.4, 0.5) is 13.2 Å². The van der Waals surface area contributed by atoms with Crippen LogP contribution in [0, 0.1) is 0 Å². The van der Waals surface area contributed by atoms with Gasteiger partial charge in [-0.25, -0.2) is 0 Å². The van der Waals surface area contributed by atoms with Crippen molar-refractivity contribution >= 4 is 11.9 Å². The standard InChI is InChI=1S/C6H14N2O2.C2H2F3NO/c7-4-2-1-3-5(8)6(9)10;3-2(4,5)1(6)7/h5H,1-4,7-8H2,(H,9,10);(H2,6,7)/t5-;/m0./s1. The fraction of sp³-hybridized carbons (Fsp3) is 0.750. The zero-order valence-electron chi connectivity index (χ0n) is 9.04. The highest BCUT2D eigenvalue weighted by Gasteiger charge is 2.35. The Balaban J connectivity index is 0. The molecule has 102 valence electrons. The third kappa shape index (κ3) is 12.6. The van der Waals surface area contributed by atoms with E-state index in [9.17, 15) is 18.0 Å². The summed E-state index contributed by atoms with van der Waals surface area (Å²) in [7, 11) is 0. The molecular weight excluding hydrogens is 243 g/mol. The lowest BCUT2D eigenvalue weighted by atomic mass is 10.1. The van der Waals surface area contributed by atoms with Crippen molar-refractivity contribution in [3.8, 4) is 0 Å². The lowest BCUT2D eigenvalue weighted by molar-refractivity contribution is -0.169. The second-order valence-corrected chi connectivity index (χ2v) is 3.09. The van der Waals surface area contributed by atoms with Crippen molar-refractivity contribution in [3.63, 3.8) is 0 Å². The number of carboxylic acids is 1. The van der Waals surface area contributed by atoms with Crippen LogP contribution in [-0.4, -0.2) is 35.7 Å². The summed E-state index contributed by atoms with van der Waals surface area (Å²) in [5.41, 5.74) is 14.2. The van der Waals surface area contributed by atoms with Gasteiger partial charge < -0.3 is 22.3 Å². The van der Waals surface area contributed by atoms with Crippen LogP contribution in [0.2, 0.25) is 0 Å². The molecule has 0 unspecified atom stereocenters. The zero-order chi connectivity index (χ0) is 14.1. The smallest absolute Gasteiger partial charge is 0.470 e. The van der Waals surface area contributed by atoms with E-state index in [1.54, 1.807) is 0 Å². The zero-order valence-corrected chi connectivity index (χ0v) is 9.04. The number of hydrogen-bond donors (Lipinski definition) is 4. The highest BCUT2D eigenvalue weighted by atomic mass is 19.4. The van der Waals surface area contributed by atoms with E-state index < -0.39 is 24.1 Å². The van der Waals surface area contributed by atoms with E-state index in [0.717, 1.165) is 12.8 Å². The number of halogens is 3. The second-order valence-electron chi connectivity index (χ2n) is 3.09. The second kappa shape index (κ2) is 8.76. The summed E-state index contributed by atoms with van der Waals surface area (Å²) >= 11 is 0. The molecule has 0 aliphatic carbocycles. The minimum atomic E-state index is -4.86. The first-order valence-corrected chi connectivity index (χ1v) is 4.68. The maximum atomic E-state index is 10.7. The molecule has 1 amide bonds.